The normalized spacial score (nSPS) is 16.4. The molecule has 1 N–H and O–H groups in total. The zero-order valence-corrected chi connectivity index (χ0v) is 17.1. The first kappa shape index (κ1) is 20.6. The SMILES string of the molecule is CC(C)CCC(=O)N1N=C(c2c(O)n(C)c(=O)n(C)c2=O)CC1c1ccccc1. The van der Waals surface area contributed by atoms with E-state index in [9.17, 15) is 19.5 Å². The van der Waals surface area contributed by atoms with Crippen LogP contribution in [-0.2, 0) is 18.9 Å². The molecule has 1 unspecified atom stereocenters. The standard InChI is InChI=1S/C21H26N4O4/c1-13(2)10-11-17(26)25-16(14-8-6-5-7-9-14)12-15(22-25)18-19(27)23(3)21(29)24(4)20(18)28/h5-9,13,16,27H,10-12H2,1-4H3. The van der Waals surface area contributed by atoms with Gasteiger partial charge in [0.2, 0.25) is 11.8 Å². The maximum Gasteiger partial charge on any atom is 0.333 e. The molecule has 0 aliphatic carbocycles. The molecule has 0 bridgehead atoms. The second-order valence-electron chi connectivity index (χ2n) is 7.75. The number of carbonyl (C=O) groups is 1. The molecule has 1 aromatic carbocycles. The molecule has 2 heterocycles. The lowest BCUT2D eigenvalue weighted by atomic mass is 9.98. The van der Waals surface area contributed by atoms with Crippen molar-refractivity contribution < 1.29 is 9.90 Å². The van der Waals surface area contributed by atoms with Crippen LogP contribution < -0.4 is 11.2 Å². The highest BCUT2D eigenvalue weighted by atomic mass is 16.3. The van der Waals surface area contributed by atoms with E-state index in [0.29, 0.717) is 18.1 Å². The third kappa shape index (κ3) is 3.87. The third-order valence-electron chi connectivity index (χ3n) is 5.21. The Hall–Kier alpha value is -3.16. The van der Waals surface area contributed by atoms with Crippen LogP contribution in [0.15, 0.2) is 45.0 Å². The Bertz CT molecular complexity index is 1070. The number of aromatic nitrogens is 2. The molecule has 0 saturated heterocycles. The maximum atomic E-state index is 12.9. The fourth-order valence-electron chi connectivity index (χ4n) is 3.44. The molecule has 1 aliphatic rings. The molecule has 8 nitrogen and oxygen atoms in total. The van der Waals surface area contributed by atoms with Gasteiger partial charge in [0.15, 0.2) is 0 Å². The van der Waals surface area contributed by atoms with Gasteiger partial charge in [-0.05, 0) is 17.9 Å². The summed E-state index contributed by atoms with van der Waals surface area (Å²) in [5, 5.41) is 16.3. The van der Waals surface area contributed by atoms with E-state index in [4.69, 9.17) is 0 Å². The smallest absolute Gasteiger partial charge is 0.333 e. The van der Waals surface area contributed by atoms with Gasteiger partial charge in [0.25, 0.3) is 5.56 Å². The molecule has 1 amide bonds. The average Bonchev–Trinajstić information content (AvgIpc) is 3.15. The van der Waals surface area contributed by atoms with Crippen LogP contribution in [0.2, 0.25) is 0 Å². The summed E-state index contributed by atoms with van der Waals surface area (Å²) in [4.78, 5) is 37.6. The Balaban J connectivity index is 2.07. The van der Waals surface area contributed by atoms with Crippen molar-refractivity contribution in [1.29, 1.82) is 0 Å². The number of rotatable bonds is 5. The second-order valence-corrected chi connectivity index (χ2v) is 7.75. The van der Waals surface area contributed by atoms with Crippen molar-refractivity contribution in [2.45, 2.75) is 39.2 Å². The minimum Gasteiger partial charge on any atom is -0.494 e. The molecular formula is C21H26N4O4. The minimum atomic E-state index is -0.632. The highest BCUT2D eigenvalue weighted by Crippen LogP contribution is 2.34. The highest BCUT2D eigenvalue weighted by molar-refractivity contribution is 6.04. The summed E-state index contributed by atoms with van der Waals surface area (Å²) in [6.07, 6.45) is 1.35. The lowest BCUT2D eigenvalue weighted by Gasteiger charge is -2.22. The molecule has 3 rings (SSSR count). The summed E-state index contributed by atoms with van der Waals surface area (Å²) in [5.41, 5.74) is -0.114. The van der Waals surface area contributed by atoms with Crippen molar-refractivity contribution in [3.05, 3.63) is 62.3 Å². The Kier molecular flexibility index (Phi) is 5.72. The molecular weight excluding hydrogens is 372 g/mol. The molecule has 0 saturated carbocycles. The molecule has 2 aromatic rings. The molecule has 154 valence electrons. The van der Waals surface area contributed by atoms with Crippen molar-refractivity contribution in [3.8, 4) is 5.88 Å². The number of benzene rings is 1. The zero-order valence-electron chi connectivity index (χ0n) is 17.1. The van der Waals surface area contributed by atoms with Crippen molar-refractivity contribution in [3.63, 3.8) is 0 Å². The van der Waals surface area contributed by atoms with E-state index < -0.39 is 17.1 Å². The van der Waals surface area contributed by atoms with Gasteiger partial charge in [-0.2, -0.15) is 5.10 Å². The Morgan fingerprint density at radius 3 is 2.45 bits per heavy atom. The predicted octanol–water partition coefficient (Wildman–Crippen LogP) is 1.90. The zero-order chi connectivity index (χ0) is 21.3. The van der Waals surface area contributed by atoms with Crippen LogP contribution in [0.5, 0.6) is 5.88 Å². The average molecular weight is 398 g/mol. The fraction of sp³-hybridized carbons (Fsp3) is 0.429. The van der Waals surface area contributed by atoms with E-state index in [1.54, 1.807) is 0 Å². The molecule has 1 aliphatic heterocycles. The van der Waals surface area contributed by atoms with E-state index in [1.807, 2.05) is 44.2 Å². The van der Waals surface area contributed by atoms with Crippen molar-refractivity contribution in [2.24, 2.45) is 25.1 Å². The molecule has 0 fully saturated rings. The van der Waals surface area contributed by atoms with Crippen LogP contribution in [0.1, 0.15) is 50.3 Å². The van der Waals surface area contributed by atoms with Gasteiger partial charge in [-0.3, -0.25) is 18.7 Å². The third-order valence-corrected chi connectivity index (χ3v) is 5.21. The highest BCUT2D eigenvalue weighted by Gasteiger charge is 2.35. The molecule has 0 radical (unpaired) electrons. The second kappa shape index (κ2) is 8.06. The minimum absolute atomic E-state index is 0.0466. The van der Waals surface area contributed by atoms with Gasteiger partial charge in [-0.25, -0.2) is 9.80 Å². The molecule has 1 aromatic heterocycles. The molecule has 8 heteroatoms. The van der Waals surface area contributed by atoms with Crippen molar-refractivity contribution in [1.82, 2.24) is 14.1 Å². The number of amides is 1. The van der Waals surface area contributed by atoms with Gasteiger partial charge in [-0.15, -0.1) is 0 Å². The van der Waals surface area contributed by atoms with E-state index >= 15 is 0 Å². The first-order chi connectivity index (χ1) is 13.7. The largest absolute Gasteiger partial charge is 0.494 e. The van der Waals surface area contributed by atoms with Crippen LogP contribution in [-0.4, -0.2) is 30.9 Å². The van der Waals surface area contributed by atoms with Crippen LogP contribution in [0, 0.1) is 5.92 Å². The Labute approximate surface area is 168 Å². The van der Waals surface area contributed by atoms with Gasteiger partial charge in [0.05, 0.1) is 11.8 Å². The number of aromatic hydroxyl groups is 1. The summed E-state index contributed by atoms with van der Waals surface area (Å²) in [5.74, 6) is -0.205. The van der Waals surface area contributed by atoms with Crippen LogP contribution in [0.25, 0.3) is 0 Å². The van der Waals surface area contributed by atoms with Crippen molar-refractivity contribution in [2.75, 3.05) is 0 Å². The maximum absolute atomic E-state index is 12.9. The Morgan fingerprint density at radius 1 is 1.17 bits per heavy atom. The lowest BCUT2D eigenvalue weighted by Crippen LogP contribution is -2.39. The number of hydrogen-bond donors (Lipinski definition) is 1. The Morgan fingerprint density at radius 2 is 1.83 bits per heavy atom. The van der Waals surface area contributed by atoms with Gasteiger partial charge >= 0.3 is 5.69 Å². The van der Waals surface area contributed by atoms with Crippen LogP contribution in [0.3, 0.4) is 0 Å². The van der Waals surface area contributed by atoms with Crippen LogP contribution in [0.4, 0.5) is 0 Å². The summed E-state index contributed by atoms with van der Waals surface area (Å²) in [7, 11) is 2.74. The molecule has 1 atom stereocenters. The quantitative estimate of drug-likeness (QED) is 0.832. The topological polar surface area (TPSA) is 96.9 Å². The number of hydrazone groups is 1. The summed E-state index contributed by atoms with van der Waals surface area (Å²) >= 11 is 0. The van der Waals surface area contributed by atoms with E-state index in [-0.39, 0.29) is 23.9 Å². The van der Waals surface area contributed by atoms with E-state index in [1.165, 1.54) is 19.1 Å². The van der Waals surface area contributed by atoms with E-state index in [0.717, 1.165) is 21.1 Å². The first-order valence-electron chi connectivity index (χ1n) is 9.66. The van der Waals surface area contributed by atoms with Crippen molar-refractivity contribution >= 4 is 11.6 Å². The predicted molar refractivity (Wildman–Crippen MR) is 110 cm³/mol. The van der Waals surface area contributed by atoms with Crippen LogP contribution >= 0.6 is 0 Å². The lowest BCUT2D eigenvalue weighted by molar-refractivity contribution is -0.133. The summed E-state index contributed by atoms with van der Waals surface area (Å²) in [6, 6.07) is 9.10. The number of hydrogen-bond acceptors (Lipinski definition) is 5. The fourth-order valence-corrected chi connectivity index (χ4v) is 3.44. The number of nitrogens with zero attached hydrogens (tertiary/aromatic N) is 4. The van der Waals surface area contributed by atoms with Gasteiger partial charge in [0.1, 0.15) is 5.56 Å². The molecule has 29 heavy (non-hydrogen) atoms. The number of carbonyl (C=O) groups excluding carboxylic acids is 1. The van der Waals surface area contributed by atoms with E-state index in [2.05, 4.69) is 5.10 Å². The monoisotopic (exact) mass is 398 g/mol. The van der Waals surface area contributed by atoms with Gasteiger partial charge in [0, 0.05) is 26.9 Å². The summed E-state index contributed by atoms with van der Waals surface area (Å²) < 4.78 is 1.93. The summed E-state index contributed by atoms with van der Waals surface area (Å²) in [6.45, 7) is 4.10. The van der Waals surface area contributed by atoms with Gasteiger partial charge < -0.3 is 5.11 Å². The molecule has 0 spiro atoms. The van der Waals surface area contributed by atoms with Gasteiger partial charge in [-0.1, -0.05) is 44.2 Å². The first-order valence-corrected chi connectivity index (χ1v) is 9.66.